The summed E-state index contributed by atoms with van der Waals surface area (Å²) in [5.41, 5.74) is -0.170. The molecule has 0 aliphatic heterocycles. The Kier molecular flexibility index (Phi) is 5.25. The molecule has 0 aliphatic carbocycles. The zero-order valence-electron chi connectivity index (χ0n) is 10.4. The minimum absolute atomic E-state index is 0.0937. The number of aliphatic hydroxyl groups excluding tert-OH is 1. The molecule has 1 rings (SSSR count). The van der Waals surface area contributed by atoms with E-state index in [9.17, 15) is 10.1 Å². The first kappa shape index (κ1) is 14.1. The molecule has 1 aromatic heterocycles. The lowest BCUT2D eigenvalue weighted by atomic mass is 10.1. The van der Waals surface area contributed by atoms with Gasteiger partial charge in [-0.15, -0.1) is 0 Å². The second-order valence-corrected chi connectivity index (χ2v) is 3.92. The molecule has 8 nitrogen and oxygen atoms in total. The Balaban J connectivity index is 2.85. The predicted octanol–water partition coefficient (Wildman–Crippen LogP) is 0.857. The van der Waals surface area contributed by atoms with Gasteiger partial charge in [-0.2, -0.15) is 0 Å². The highest BCUT2D eigenvalue weighted by Gasteiger charge is 2.22. The van der Waals surface area contributed by atoms with Gasteiger partial charge < -0.3 is 15.7 Å². The number of anilines is 2. The highest BCUT2D eigenvalue weighted by Crippen LogP contribution is 2.28. The van der Waals surface area contributed by atoms with Gasteiger partial charge in [0.25, 0.3) is 0 Å². The van der Waals surface area contributed by atoms with E-state index in [1.165, 1.54) is 6.33 Å². The van der Waals surface area contributed by atoms with Crippen molar-refractivity contribution >= 4 is 17.3 Å². The molecular weight excluding hydrogens is 238 g/mol. The van der Waals surface area contributed by atoms with Crippen molar-refractivity contribution in [2.75, 3.05) is 30.8 Å². The van der Waals surface area contributed by atoms with Gasteiger partial charge in [-0.05, 0) is 12.3 Å². The van der Waals surface area contributed by atoms with Crippen LogP contribution in [0.25, 0.3) is 0 Å². The Morgan fingerprint density at radius 2 is 2.17 bits per heavy atom. The zero-order valence-corrected chi connectivity index (χ0v) is 10.4. The van der Waals surface area contributed by atoms with Crippen LogP contribution in [0.4, 0.5) is 17.3 Å². The quantitative estimate of drug-likeness (QED) is 0.489. The first-order valence-corrected chi connectivity index (χ1v) is 5.62. The smallest absolute Gasteiger partial charge is 0.353 e. The van der Waals surface area contributed by atoms with Crippen LogP contribution >= 0.6 is 0 Å². The highest BCUT2D eigenvalue weighted by molar-refractivity contribution is 5.68. The van der Waals surface area contributed by atoms with E-state index in [-0.39, 0.29) is 29.8 Å². The van der Waals surface area contributed by atoms with Crippen LogP contribution in [-0.2, 0) is 0 Å². The van der Waals surface area contributed by atoms with Gasteiger partial charge in [0.2, 0.25) is 11.6 Å². The average Bonchev–Trinajstić information content (AvgIpc) is 2.35. The highest BCUT2D eigenvalue weighted by atomic mass is 16.6. The molecule has 8 heteroatoms. The summed E-state index contributed by atoms with van der Waals surface area (Å²) < 4.78 is 0. The van der Waals surface area contributed by atoms with Crippen LogP contribution in [-0.4, -0.2) is 40.2 Å². The molecule has 100 valence electrons. The van der Waals surface area contributed by atoms with Gasteiger partial charge in [-0.25, -0.2) is 9.97 Å². The molecular formula is C10H17N5O3. The lowest BCUT2D eigenvalue weighted by Gasteiger charge is -2.12. The van der Waals surface area contributed by atoms with Crippen LogP contribution in [0.3, 0.4) is 0 Å². The van der Waals surface area contributed by atoms with Crippen LogP contribution in [0.5, 0.6) is 0 Å². The molecule has 0 bridgehead atoms. The molecule has 0 aromatic carbocycles. The molecule has 18 heavy (non-hydrogen) atoms. The maximum atomic E-state index is 11.0. The average molecular weight is 255 g/mol. The fourth-order valence-corrected chi connectivity index (χ4v) is 1.46. The first-order valence-electron chi connectivity index (χ1n) is 5.62. The van der Waals surface area contributed by atoms with Gasteiger partial charge in [-0.3, -0.25) is 10.1 Å². The molecule has 1 heterocycles. The zero-order chi connectivity index (χ0) is 13.5. The van der Waals surface area contributed by atoms with E-state index in [1.807, 2.05) is 6.92 Å². The summed E-state index contributed by atoms with van der Waals surface area (Å²) in [5.74, 6) is 0.555. The number of rotatable bonds is 7. The Hall–Kier alpha value is -1.96. The van der Waals surface area contributed by atoms with E-state index in [0.717, 1.165) is 0 Å². The fourth-order valence-electron chi connectivity index (χ4n) is 1.46. The summed E-state index contributed by atoms with van der Waals surface area (Å²) in [6, 6.07) is 0. The standard InChI is InChI=1S/C10H17N5O3/c1-7(3-4-16)5-12-10-8(15(17)18)9(11-2)13-6-14-10/h6-7,16H,3-5H2,1-2H3,(H2,11,12,13,14). The minimum atomic E-state index is -0.523. The number of nitrogens with one attached hydrogen (secondary N) is 2. The third-order valence-corrected chi connectivity index (χ3v) is 2.48. The van der Waals surface area contributed by atoms with Gasteiger partial charge in [0, 0.05) is 20.2 Å². The summed E-state index contributed by atoms with van der Waals surface area (Å²) in [6.45, 7) is 2.53. The predicted molar refractivity (Wildman–Crippen MR) is 67.6 cm³/mol. The molecule has 3 N–H and O–H groups in total. The summed E-state index contributed by atoms with van der Waals surface area (Å²) >= 11 is 0. The van der Waals surface area contributed by atoms with Gasteiger partial charge in [0.15, 0.2) is 0 Å². The van der Waals surface area contributed by atoms with Crippen LogP contribution < -0.4 is 10.6 Å². The van der Waals surface area contributed by atoms with Gasteiger partial charge in [0.05, 0.1) is 4.92 Å². The Bertz CT molecular complexity index is 412. The van der Waals surface area contributed by atoms with E-state index < -0.39 is 4.92 Å². The summed E-state index contributed by atoms with van der Waals surface area (Å²) in [5, 5.41) is 25.3. The van der Waals surface area contributed by atoms with Gasteiger partial charge in [-0.1, -0.05) is 6.92 Å². The van der Waals surface area contributed by atoms with E-state index in [2.05, 4.69) is 20.6 Å². The molecule has 1 aromatic rings. The molecule has 0 radical (unpaired) electrons. The molecule has 0 spiro atoms. The maximum absolute atomic E-state index is 11.0. The third kappa shape index (κ3) is 3.52. The normalized spacial score (nSPS) is 11.9. The first-order chi connectivity index (χ1) is 8.60. The van der Waals surface area contributed by atoms with E-state index >= 15 is 0 Å². The number of hydrogen-bond acceptors (Lipinski definition) is 7. The van der Waals surface area contributed by atoms with E-state index in [1.54, 1.807) is 7.05 Å². The Labute approximate surface area is 105 Å². The molecule has 0 fully saturated rings. The van der Waals surface area contributed by atoms with Crippen LogP contribution in [0.2, 0.25) is 0 Å². The van der Waals surface area contributed by atoms with Crippen molar-refractivity contribution in [3.63, 3.8) is 0 Å². The maximum Gasteiger partial charge on any atom is 0.353 e. The SMILES string of the molecule is CNc1ncnc(NCC(C)CCO)c1[N+](=O)[O-]. The number of hydrogen-bond donors (Lipinski definition) is 3. The van der Waals surface area contributed by atoms with Crippen LogP contribution in [0.1, 0.15) is 13.3 Å². The van der Waals surface area contributed by atoms with Crippen molar-refractivity contribution < 1.29 is 10.0 Å². The number of nitro groups is 1. The molecule has 0 saturated heterocycles. The van der Waals surface area contributed by atoms with Crippen molar-refractivity contribution in [2.24, 2.45) is 5.92 Å². The number of aromatic nitrogens is 2. The molecule has 1 unspecified atom stereocenters. The largest absolute Gasteiger partial charge is 0.396 e. The number of aliphatic hydroxyl groups is 1. The monoisotopic (exact) mass is 255 g/mol. The van der Waals surface area contributed by atoms with Crippen molar-refractivity contribution in [2.45, 2.75) is 13.3 Å². The second kappa shape index (κ2) is 6.70. The van der Waals surface area contributed by atoms with Gasteiger partial charge in [0.1, 0.15) is 6.33 Å². The van der Waals surface area contributed by atoms with Crippen LogP contribution in [0.15, 0.2) is 6.33 Å². The molecule has 0 aliphatic rings. The minimum Gasteiger partial charge on any atom is -0.396 e. The van der Waals surface area contributed by atoms with Gasteiger partial charge >= 0.3 is 5.69 Å². The Morgan fingerprint density at radius 3 is 2.72 bits per heavy atom. The summed E-state index contributed by atoms with van der Waals surface area (Å²) in [6.07, 6.45) is 1.89. The van der Waals surface area contributed by atoms with E-state index in [0.29, 0.717) is 13.0 Å². The lowest BCUT2D eigenvalue weighted by Crippen LogP contribution is -2.15. The van der Waals surface area contributed by atoms with E-state index in [4.69, 9.17) is 5.11 Å². The molecule has 0 amide bonds. The number of nitrogens with zero attached hydrogens (tertiary/aromatic N) is 3. The van der Waals surface area contributed by atoms with Crippen LogP contribution in [0, 0.1) is 16.0 Å². The van der Waals surface area contributed by atoms with Crippen molar-refractivity contribution in [3.05, 3.63) is 16.4 Å². The molecule has 0 saturated carbocycles. The van der Waals surface area contributed by atoms with Crippen molar-refractivity contribution in [1.82, 2.24) is 9.97 Å². The second-order valence-electron chi connectivity index (χ2n) is 3.92. The van der Waals surface area contributed by atoms with Crippen molar-refractivity contribution in [1.29, 1.82) is 0 Å². The topological polar surface area (TPSA) is 113 Å². The van der Waals surface area contributed by atoms with Crippen molar-refractivity contribution in [3.8, 4) is 0 Å². The lowest BCUT2D eigenvalue weighted by molar-refractivity contribution is -0.383. The molecule has 1 atom stereocenters. The summed E-state index contributed by atoms with van der Waals surface area (Å²) in [7, 11) is 1.56. The fraction of sp³-hybridized carbons (Fsp3) is 0.600. The Morgan fingerprint density at radius 1 is 1.50 bits per heavy atom. The third-order valence-electron chi connectivity index (χ3n) is 2.48. The summed E-state index contributed by atoms with van der Waals surface area (Å²) in [4.78, 5) is 18.1.